The second-order valence-corrected chi connectivity index (χ2v) is 7.67. The Morgan fingerprint density at radius 1 is 1.21 bits per heavy atom. The van der Waals surface area contributed by atoms with Crippen molar-refractivity contribution in [3.05, 3.63) is 29.3 Å². The molecule has 2 unspecified atom stereocenters. The number of carbonyl (C=O) groups is 2. The lowest BCUT2D eigenvalue weighted by Gasteiger charge is -2.38. The average Bonchev–Trinajstić information content (AvgIpc) is 2.53. The quantitative estimate of drug-likeness (QED) is 0.600. The number of aryl methyl sites for hydroxylation is 2. The van der Waals surface area contributed by atoms with Crippen LogP contribution in [-0.2, 0) is 14.3 Å². The van der Waals surface area contributed by atoms with Crippen LogP contribution in [-0.4, -0.2) is 41.2 Å². The molecule has 0 radical (unpaired) electrons. The van der Waals surface area contributed by atoms with Gasteiger partial charge in [0.05, 0.1) is 5.75 Å². The normalized spacial score (nSPS) is 20.8. The Labute approximate surface area is 148 Å². The topological polar surface area (TPSA) is 46.6 Å². The van der Waals surface area contributed by atoms with Gasteiger partial charge in [0.1, 0.15) is 0 Å². The van der Waals surface area contributed by atoms with E-state index in [0.717, 1.165) is 29.7 Å². The average molecular weight is 349 g/mol. The lowest BCUT2D eigenvalue weighted by Crippen LogP contribution is -2.49. The number of ether oxygens (including phenoxy) is 1. The Balaban J connectivity index is 1.80. The summed E-state index contributed by atoms with van der Waals surface area (Å²) in [5, 5.41) is 0. The molecule has 2 rings (SSSR count). The second-order valence-electron chi connectivity index (χ2n) is 6.65. The maximum atomic E-state index is 12.3. The summed E-state index contributed by atoms with van der Waals surface area (Å²) >= 11 is 1.46. The van der Waals surface area contributed by atoms with Gasteiger partial charge in [-0.15, -0.1) is 11.8 Å². The molecule has 1 aliphatic heterocycles. The number of hydrogen-bond donors (Lipinski definition) is 0. The van der Waals surface area contributed by atoms with E-state index in [1.165, 1.54) is 17.3 Å². The van der Waals surface area contributed by atoms with Gasteiger partial charge in [-0.2, -0.15) is 0 Å². The molecule has 0 N–H and O–H groups in total. The molecule has 1 amide bonds. The van der Waals surface area contributed by atoms with Crippen LogP contribution < -0.4 is 0 Å². The van der Waals surface area contributed by atoms with Crippen LogP contribution in [0.15, 0.2) is 23.1 Å². The minimum absolute atomic E-state index is 0.0835. The summed E-state index contributed by atoms with van der Waals surface area (Å²) in [6.07, 6.45) is 3.19. The van der Waals surface area contributed by atoms with Crippen LogP contribution >= 0.6 is 11.8 Å². The zero-order valence-corrected chi connectivity index (χ0v) is 15.8. The zero-order chi connectivity index (χ0) is 17.7. The number of amides is 1. The molecule has 0 aromatic heterocycles. The van der Waals surface area contributed by atoms with Crippen molar-refractivity contribution in [2.24, 2.45) is 0 Å². The second kappa shape index (κ2) is 8.56. The van der Waals surface area contributed by atoms with E-state index in [1.807, 2.05) is 24.8 Å². The summed E-state index contributed by atoms with van der Waals surface area (Å²) < 4.78 is 5.19. The van der Waals surface area contributed by atoms with Crippen molar-refractivity contribution in [3.63, 3.8) is 0 Å². The fourth-order valence-electron chi connectivity index (χ4n) is 3.17. The highest BCUT2D eigenvalue weighted by atomic mass is 32.2. The first-order valence-corrected chi connectivity index (χ1v) is 9.54. The van der Waals surface area contributed by atoms with Gasteiger partial charge >= 0.3 is 5.97 Å². The van der Waals surface area contributed by atoms with E-state index in [9.17, 15) is 9.59 Å². The third kappa shape index (κ3) is 5.00. The van der Waals surface area contributed by atoms with Crippen molar-refractivity contribution in [2.75, 3.05) is 12.4 Å². The van der Waals surface area contributed by atoms with Crippen molar-refractivity contribution in [1.29, 1.82) is 0 Å². The van der Waals surface area contributed by atoms with Gasteiger partial charge in [-0.1, -0.05) is 17.7 Å². The monoisotopic (exact) mass is 349 g/mol. The maximum Gasteiger partial charge on any atom is 0.316 e. The standard InChI is InChI=1S/C19H27NO3S/c1-13-8-9-14(2)17(10-13)24-12-19(22)23-11-18(21)20-15(3)6-5-7-16(20)4/h8-10,15-16H,5-7,11-12H2,1-4H3. The number of rotatable bonds is 5. The summed E-state index contributed by atoms with van der Waals surface area (Å²) in [4.78, 5) is 27.2. The molecule has 0 bridgehead atoms. The van der Waals surface area contributed by atoms with Crippen molar-refractivity contribution < 1.29 is 14.3 Å². The molecular formula is C19H27NO3S. The van der Waals surface area contributed by atoms with Crippen molar-refractivity contribution in [3.8, 4) is 0 Å². The van der Waals surface area contributed by atoms with Gasteiger partial charge in [-0.3, -0.25) is 9.59 Å². The molecule has 1 saturated heterocycles. The molecule has 5 heteroatoms. The minimum Gasteiger partial charge on any atom is -0.455 e. The number of benzene rings is 1. The molecule has 0 aliphatic carbocycles. The summed E-state index contributed by atoms with van der Waals surface area (Å²) in [5.41, 5.74) is 2.31. The van der Waals surface area contributed by atoms with E-state index < -0.39 is 0 Å². The van der Waals surface area contributed by atoms with Gasteiger partial charge in [0.15, 0.2) is 6.61 Å². The highest BCUT2D eigenvalue weighted by molar-refractivity contribution is 8.00. The predicted octanol–water partition coefficient (Wildman–Crippen LogP) is 3.73. The Bertz CT molecular complexity index is 592. The summed E-state index contributed by atoms with van der Waals surface area (Å²) in [5.74, 6) is -0.200. The number of hydrogen-bond acceptors (Lipinski definition) is 4. The number of carbonyl (C=O) groups excluding carboxylic acids is 2. The molecule has 24 heavy (non-hydrogen) atoms. The number of thioether (sulfide) groups is 1. The van der Waals surface area contributed by atoms with E-state index in [2.05, 4.69) is 26.0 Å². The SMILES string of the molecule is Cc1ccc(C)c(SCC(=O)OCC(=O)N2C(C)CCCC2C)c1. The van der Waals surface area contributed by atoms with Crippen LogP contribution in [0, 0.1) is 13.8 Å². The first-order valence-electron chi connectivity index (χ1n) is 8.55. The highest BCUT2D eigenvalue weighted by Crippen LogP contribution is 2.24. The zero-order valence-electron chi connectivity index (χ0n) is 15.0. The Morgan fingerprint density at radius 3 is 2.54 bits per heavy atom. The third-order valence-corrected chi connectivity index (χ3v) is 5.66. The molecule has 2 atom stereocenters. The third-order valence-electron chi connectivity index (χ3n) is 4.53. The van der Waals surface area contributed by atoms with Crippen LogP contribution in [0.5, 0.6) is 0 Å². The largest absolute Gasteiger partial charge is 0.455 e. The van der Waals surface area contributed by atoms with Crippen LogP contribution in [0.3, 0.4) is 0 Å². The Hall–Kier alpha value is -1.49. The van der Waals surface area contributed by atoms with Gasteiger partial charge in [-0.25, -0.2) is 0 Å². The number of likely N-dealkylation sites (tertiary alicyclic amines) is 1. The maximum absolute atomic E-state index is 12.3. The van der Waals surface area contributed by atoms with Crippen molar-refractivity contribution in [2.45, 2.75) is 63.9 Å². The van der Waals surface area contributed by atoms with E-state index in [1.54, 1.807) is 0 Å². The number of nitrogens with zero attached hydrogens (tertiary/aromatic N) is 1. The lowest BCUT2D eigenvalue weighted by atomic mass is 9.97. The predicted molar refractivity (Wildman–Crippen MR) is 97.2 cm³/mol. The van der Waals surface area contributed by atoms with Crippen molar-refractivity contribution >= 4 is 23.6 Å². The van der Waals surface area contributed by atoms with Crippen LogP contribution in [0.4, 0.5) is 0 Å². The van der Waals surface area contributed by atoms with Gasteiger partial charge < -0.3 is 9.64 Å². The molecule has 0 saturated carbocycles. The molecule has 1 aromatic carbocycles. The molecule has 1 fully saturated rings. The molecule has 1 aliphatic rings. The fourth-order valence-corrected chi connectivity index (χ4v) is 4.09. The molecule has 4 nitrogen and oxygen atoms in total. The smallest absolute Gasteiger partial charge is 0.316 e. The van der Waals surface area contributed by atoms with E-state index >= 15 is 0 Å². The Kier molecular flexibility index (Phi) is 6.72. The summed E-state index contributed by atoms with van der Waals surface area (Å²) in [6, 6.07) is 6.62. The summed E-state index contributed by atoms with van der Waals surface area (Å²) in [7, 11) is 0. The van der Waals surface area contributed by atoms with Gasteiger partial charge in [0, 0.05) is 17.0 Å². The van der Waals surface area contributed by atoms with Crippen LogP contribution in [0.2, 0.25) is 0 Å². The van der Waals surface area contributed by atoms with Gasteiger partial charge in [0.25, 0.3) is 5.91 Å². The van der Waals surface area contributed by atoms with E-state index in [0.29, 0.717) is 0 Å². The first-order chi connectivity index (χ1) is 11.4. The highest BCUT2D eigenvalue weighted by Gasteiger charge is 2.29. The summed E-state index contributed by atoms with van der Waals surface area (Å²) in [6.45, 7) is 8.02. The minimum atomic E-state index is -0.341. The molecule has 0 spiro atoms. The molecule has 1 heterocycles. The molecular weight excluding hydrogens is 322 g/mol. The van der Waals surface area contributed by atoms with Crippen LogP contribution in [0.1, 0.15) is 44.2 Å². The lowest BCUT2D eigenvalue weighted by molar-refractivity contribution is -0.153. The van der Waals surface area contributed by atoms with Crippen LogP contribution in [0.25, 0.3) is 0 Å². The van der Waals surface area contributed by atoms with Gasteiger partial charge in [0.2, 0.25) is 0 Å². The van der Waals surface area contributed by atoms with E-state index in [4.69, 9.17) is 4.74 Å². The fraction of sp³-hybridized carbons (Fsp3) is 0.579. The number of piperidine rings is 1. The van der Waals surface area contributed by atoms with E-state index in [-0.39, 0.29) is 36.3 Å². The molecule has 132 valence electrons. The number of esters is 1. The van der Waals surface area contributed by atoms with Crippen molar-refractivity contribution in [1.82, 2.24) is 4.90 Å². The Morgan fingerprint density at radius 2 is 1.88 bits per heavy atom. The van der Waals surface area contributed by atoms with Gasteiger partial charge in [-0.05, 0) is 58.6 Å². The first kappa shape index (κ1) is 18.8. The molecule has 1 aromatic rings.